The Kier molecular flexibility index (Phi) is 6.89. The third-order valence-corrected chi connectivity index (χ3v) is 8.04. The molecular formula is C28H28N2O4S. The van der Waals surface area contributed by atoms with Crippen molar-refractivity contribution in [1.82, 2.24) is 9.62 Å². The minimum atomic E-state index is -3.97. The summed E-state index contributed by atoms with van der Waals surface area (Å²) in [6.07, 6.45) is 0.731. The summed E-state index contributed by atoms with van der Waals surface area (Å²) in [5.74, 6) is -0.730. The predicted molar refractivity (Wildman–Crippen MR) is 137 cm³/mol. The van der Waals surface area contributed by atoms with Crippen LogP contribution in [0.2, 0.25) is 0 Å². The number of benzene rings is 3. The molecule has 6 nitrogen and oxygen atoms in total. The molecule has 0 atom stereocenters. The van der Waals surface area contributed by atoms with E-state index in [4.69, 9.17) is 0 Å². The molecule has 3 aromatic carbocycles. The molecule has 3 aromatic rings. The Labute approximate surface area is 206 Å². The van der Waals surface area contributed by atoms with Gasteiger partial charge in [-0.25, -0.2) is 12.7 Å². The van der Waals surface area contributed by atoms with Gasteiger partial charge in [-0.3, -0.25) is 9.59 Å². The van der Waals surface area contributed by atoms with Gasteiger partial charge in [0.15, 0.2) is 0 Å². The zero-order valence-electron chi connectivity index (χ0n) is 20.0. The lowest BCUT2D eigenvalue weighted by Gasteiger charge is -2.17. The van der Waals surface area contributed by atoms with Crippen LogP contribution in [0.15, 0.2) is 78.4 Å². The summed E-state index contributed by atoms with van der Waals surface area (Å²) < 4.78 is 27.3. The van der Waals surface area contributed by atoms with Crippen LogP contribution in [0.4, 0.5) is 0 Å². The Balaban J connectivity index is 1.41. The Hall–Kier alpha value is -3.71. The standard InChI is InChI=1S/C28H28N2O4S/c1-19-4-8-22(9-5-19)16-17-29-27(31)25-14-10-23(11-15-25)18-30-28(32)21(3)26(35(30,33)34)24-12-6-20(2)7-13-24/h4-15H,16-18H2,1-3H3,(H,29,31). The van der Waals surface area contributed by atoms with Crippen molar-refractivity contribution < 1.29 is 18.0 Å². The SMILES string of the molecule is CC1=C(c2ccc(C)cc2)S(=O)(=O)N(Cc2ccc(C(=O)NCCc3ccc(C)cc3)cc2)C1=O. The first-order valence-electron chi connectivity index (χ1n) is 11.4. The van der Waals surface area contributed by atoms with Crippen molar-refractivity contribution in [2.45, 2.75) is 33.7 Å². The highest BCUT2D eigenvalue weighted by molar-refractivity contribution is 7.99. The first-order valence-corrected chi connectivity index (χ1v) is 12.9. The molecule has 7 heteroatoms. The van der Waals surface area contributed by atoms with Gasteiger partial charge in [0.05, 0.1) is 6.54 Å². The highest BCUT2D eigenvalue weighted by Gasteiger charge is 2.42. The molecule has 0 radical (unpaired) electrons. The maximum atomic E-state index is 13.2. The van der Waals surface area contributed by atoms with Crippen molar-refractivity contribution in [1.29, 1.82) is 0 Å². The third kappa shape index (κ3) is 5.20. The topological polar surface area (TPSA) is 83.6 Å². The van der Waals surface area contributed by atoms with Crippen molar-refractivity contribution >= 4 is 26.7 Å². The Bertz CT molecular complexity index is 1390. The highest BCUT2D eigenvalue weighted by Crippen LogP contribution is 2.36. The van der Waals surface area contributed by atoms with Crippen molar-refractivity contribution in [3.63, 3.8) is 0 Å². The van der Waals surface area contributed by atoms with E-state index in [0.29, 0.717) is 23.2 Å². The van der Waals surface area contributed by atoms with E-state index < -0.39 is 15.9 Å². The molecular weight excluding hydrogens is 460 g/mol. The van der Waals surface area contributed by atoms with E-state index in [9.17, 15) is 18.0 Å². The number of hydrogen-bond acceptors (Lipinski definition) is 4. The van der Waals surface area contributed by atoms with E-state index in [1.165, 1.54) is 5.56 Å². The van der Waals surface area contributed by atoms with Gasteiger partial charge >= 0.3 is 0 Å². The molecule has 4 rings (SSSR count). The van der Waals surface area contributed by atoms with Crippen molar-refractivity contribution in [3.05, 3.63) is 112 Å². The first-order chi connectivity index (χ1) is 16.7. The van der Waals surface area contributed by atoms with Gasteiger partial charge in [-0.1, -0.05) is 71.8 Å². The molecule has 0 aromatic heterocycles. The molecule has 0 fully saturated rings. The van der Waals surface area contributed by atoms with Crippen LogP contribution in [0.25, 0.3) is 4.91 Å². The fourth-order valence-corrected chi connectivity index (χ4v) is 5.83. The van der Waals surface area contributed by atoms with Gasteiger partial charge in [0.1, 0.15) is 4.91 Å². The van der Waals surface area contributed by atoms with Crippen LogP contribution < -0.4 is 5.32 Å². The van der Waals surface area contributed by atoms with Crippen LogP contribution in [0.3, 0.4) is 0 Å². The van der Waals surface area contributed by atoms with Crippen LogP contribution in [0.1, 0.15) is 45.1 Å². The Morgan fingerprint density at radius 2 is 1.34 bits per heavy atom. The molecule has 35 heavy (non-hydrogen) atoms. The smallest absolute Gasteiger partial charge is 0.268 e. The fourth-order valence-electron chi connectivity index (χ4n) is 4.03. The number of amides is 2. The lowest BCUT2D eigenvalue weighted by atomic mass is 10.1. The van der Waals surface area contributed by atoms with Gasteiger partial charge in [-0.05, 0) is 56.0 Å². The Morgan fingerprint density at radius 3 is 1.94 bits per heavy atom. The van der Waals surface area contributed by atoms with E-state index in [2.05, 4.69) is 5.32 Å². The fraction of sp³-hybridized carbons (Fsp3) is 0.214. The van der Waals surface area contributed by atoms with Crippen molar-refractivity contribution in [3.8, 4) is 0 Å². The zero-order valence-corrected chi connectivity index (χ0v) is 20.9. The highest BCUT2D eigenvalue weighted by atomic mass is 32.2. The lowest BCUT2D eigenvalue weighted by molar-refractivity contribution is -0.122. The number of hydrogen-bond donors (Lipinski definition) is 1. The van der Waals surface area contributed by atoms with Crippen LogP contribution in [-0.4, -0.2) is 31.1 Å². The van der Waals surface area contributed by atoms with Crippen LogP contribution >= 0.6 is 0 Å². The second-order valence-electron chi connectivity index (χ2n) is 8.83. The summed E-state index contributed by atoms with van der Waals surface area (Å²) >= 11 is 0. The molecule has 0 saturated carbocycles. The maximum Gasteiger partial charge on any atom is 0.268 e. The largest absolute Gasteiger partial charge is 0.352 e. The zero-order chi connectivity index (χ0) is 25.2. The van der Waals surface area contributed by atoms with Gasteiger partial charge in [0.2, 0.25) is 0 Å². The summed E-state index contributed by atoms with van der Waals surface area (Å²) in [5, 5.41) is 2.90. The number of aryl methyl sites for hydroxylation is 2. The number of nitrogens with one attached hydrogen (secondary N) is 1. The summed E-state index contributed by atoms with van der Waals surface area (Å²) in [7, 11) is -3.97. The second-order valence-corrected chi connectivity index (χ2v) is 10.6. The van der Waals surface area contributed by atoms with E-state index in [0.717, 1.165) is 21.9 Å². The van der Waals surface area contributed by atoms with E-state index in [1.807, 2.05) is 50.2 Å². The van der Waals surface area contributed by atoms with Crippen LogP contribution in [0.5, 0.6) is 0 Å². The molecule has 2 amide bonds. The van der Waals surface area contributed by atoms with E-state index in [1.54, 1.807) is 43.3 Å². The molecule has 0 unspecified atom stereocenters. The molecule has 1 aliphatic rings. The average Bonchev–Trinajstić information content (AvgIpc) is 3.00. The van der Waals surface area contributed by atoms with E-state index >= 15 is 0 Å². The van der Waals surface area contributed by atoms with Crippen LogP contribution in [-0.2, 0) is 27.8 Å². The van der Waals surface area contributed by atoms with Crippen molar-refractivity contribution in [2.24, 2.45) is 0 Å². The van der Waals surface area contributed by atoms with Gasteiger partial charge in [0.25, 0.3) is 21.8 Å². The molecule has 180 valence electrons. The summed E-state index contributed by atoms with van der Waals surface area (Å²) in [6, 6.07) is 21.9. The van der Waals surface area contributed by atoms with E-state index in [-0.39, 0.29) is 22.9 Å². The molecule has 1 N–H and O–H groups in total. The molecule has 1 aliphatic heterocycles. The van der Waals surface area contributed by atoms with Gasteiger partial charge in [0, 0.05) is 17.7 Å². The summed E-state index contributed by atoms with van der Waals surface area (Å²) in [4.78, 5) is 25.4. The number of carbonyl (C=O) groups excluding carboxylic acids is 2. The molecule has 0 saturated heterocycles. The molecule has 0 aliphatic carbocycles. The average molecular weight is 489 g/mol. The number of rotatable bonds is 7. The van der Waals surface area contributed by atoms with Crippen LogP contribution in [0, 0.1) is 13.8 Å². The molecule has 1 heterocycles. The maximum absolute atomic E-state index is 13.2. The summed E-state index contributed by atoms with van der Waals surface area (Å²) in [5.41, 5.74) is 5.15. The minimum Gasteiger partial charge on any atom is -0.352 e. The summed E-state index contributed by atoms with van der Waals surface area (Å²) in [6.45, 7) is 5.91. The first kappa shape index (κ1) is 24.4. The monoisotopic (exact) mass is 488 g/mol. The minimum absolute atomic E-state index is 0.0482. The Morgan fingerprint density at radius 1 is 0.800 bits per heavy atom. The quantitative estimate of drug-likeness (QED) is 0.535. The number of carbonyl (C=O) groups is 2. The number of nitrogens with zero attached hydrogens (tertiary/aromatic N) is 1. The van der Waals surface area contributed by atoms with Gasteiger partial charge < -0.3 is 5.32 Å². The van der Waals surface area contributed by atoms with Gasteiger partial charge in [-0.2, -0.15) is 0 Å². The number of sulfonamides is 1. The van der Waals surface area contributed by atoms with Gasteiger partial charge in [-0.15, -0.1) is 0 Å². The molecule has 0 bridgehead atoms. The van der Waals surface area contributed by atoms with Crippen molar-refractivity contribution in [2.75, 3.05) is 6.54 Å². The third-order valence-electron chi connectivity index (χ3n) is 6.11. The second kappa shape index (κ2) is 9.88. The molecule has 0 spiro atoms. The normalized spacial score (nSPS) is 14.9. The predicted octanol–water partition coefficient (Wildman–Crippen LogP) is 4.38. The lowest BCUT2D eigenvalue weighted by Crippen LogP contribution is -2.31.